The van der Waals surface area contributed by atoms with Gasteiger partial charge in [0.2, 0.25) is 0 Å². The monoisotopic (exact) mass is 560 g/mol. The molecule has 41 heavy (non-hydrogen) atoms. The molecule has 0 unspecified atom stereocenters. The number of rotatable bonds is 4. The van der Waals surface area contributed by atoms with Crippen LogP contribution >= 0.6 is 11.6 Å². The number of carbonyl (C=O) groups excluding carboxylic acids is 3. The average Bonchev–Trinajstić information content (AvgIpc) is 3.43. The Hall–Kier alpha value is -4.88. The largest absolute Gasteiger partial charge is 0.352 e. The molecular formula is C33H21ClN2O5. The number of fused-ring (bicyclic) bond motifs is 5. The Morgan fingerprint density at radius 1 is 0.854 bits per heavy atom. The molecule has 1 aliphatic carbocycles. The van der Waals surface area contributed by atoms with E-state index in [-0.39, 0.29) is 22.6 Å². The maximum atomic E-state index is 14.6. The third-order valence-corrected chi connectivity index (χ3v) is 8.77. The van der Waals surface area contributed by atoms with Crippen LogP contribution in [0.2, 0.25) is 5.02 Å². The number of hydrogen-bond acceptors (Lipinski definition) is 6. The summed E-state index contributed by atoms with van der Waals surface area (Å²) in [5.41, 5.74) is 0.830. The van der Waals surface area contributed by atoms with Crippen LogP contribution < -0.4 is 4.90 Å². The number of nitrogens with zero attached hydrogens (tertiary/aromatic N) is 2. The average molecular weight is 561 g/mol. The van der Waals surface area contributed by atoms with E-state index < -0.39 is 39.9 Å². The summed E-state index contributed by atoms with van der Waals surface area (Å²) in [7, 11) is 0. The molecule has 0 bridgehead atoms. The van der Waals surface area contributed by atoms with Gasteiger partial charge in [-0.3, -0.25) is 24.5 Å². The molecule has 0 N–H and O–H groups in total. The quantitative estimate of drug-likeness (QED) is 0.121. The van der Waals surface area contributed by atoms with Crippen molar-refractivity contribution in [3.05, 3.63) is 146 Å². The summed E-state index contributed by atoms with van der Waals surface area (Å²) in [5, 5.41) is 12.3. The van der Waals surface area contributed by atoms with E-state index in [2.05, 4.69) is 0 Å². The van der Waals surface area contributed by atoms with Crippen molar-refractivity contribution in [2.24, 2.45) is 5.41 Å². The lowest BCUT2D eigenvalue weighted by Crippen LogP contribution is -2.48. The molecule has 4 aromatic rings. The van der Waals surface area contributed by atoms with Crippen LogP contribution in [-0.4, -0.2) is 34.4 Å². The molecule has 200 valence electrons. The molecular weight excluding hydrogens is 540 g/mol. The summed E-state index contributed by atoms with van der Waals surface area (Å²) in [5.74, 6) is -2.11. The van der Waals surface area contributed by atoms with Crippen LogP contribution in [0, 0.1) is 15.5 Å². The lowest BCUT2D eigenvalue weighted by molar-refractivity contribution is -0.384. The summed E-state index contributed by atoms with van der Waals surface area (Å²) in [6, 6.07) is 24.7. The molecule has 2 heterocycles. The number of anilines is 1. The fraction of sp³-hybridized carbons (Fsp3) is 0.121. The van der Waals surface area contributed by atoms with Gasteiger partial charge in [0.25, 0.3) is 5.69 Å². The lowest BCUT2D eigenvalue weighted by Gasteiger charge is -2.37. The van der Waals surface area contributed by atoms with E-state index in [0.29, 0.717) is 21.8 Å². The molecule has 3 atom stereocenters. The Bertz CT molecular complexity index is 1800. The number of nitro groups is 1. The first-order valence-electron chi connectivity index (χ1n) is 13.1. The molecule has 1 spiro atoms. The van der Waals surface area contributed by atoms with E-state index >= 15 is 0 Å². The molecule has 4 aromatic carbocycles. The molecule has 0 amide bonds. The highest BCUT2D eigenvalue weighted by Gasteiger charge is 2.71. The first-order valence-corrected chi connectivity index (χ1v) is 13.5. The predicted molar refractivity (Wildman–Crippen MR) is 155 cm³/mol. The minimum Gasteiger partial charge on any atom is -0.352 e. The topological polar surface area (TPSA) is 97.6 Å². The highest BCUT2D eigenvalue weighted by atomic mass is 35.5. The van der Waals surface area contributed by atoms with Crippen LogP contribution in [0.4, 0.5) is 11.4 Å². The Kier molecular flexibility index (Phi) is 5.56. The van der Waals surface area contributed by atoms with Gasteiger partial charge in [-0.25, -0.2) is 0 Å². The van der Waals surface area contributed by atoms with Gasteiger partial charge in [0, 0.05) is 45.5 Å². The van der Waals surface area contributed by atoms with E-state index in [0.717, 1.165) is 5.56 Å². The van der Waals surface area contributed by atoms with Gasteiger partial charge in [-0.2, -0.15) is 0 Å². The third kappa shape index (κ3) is 3.42. The summed E-state index contributed by atoms with van der Waals surface area (Å²) >= 11 is 6.32. The first kappa shape index (κ1) is 25.1. The Morgan fingerprint density at radius 3 is 2.22 bits per heavy atom. The van der Waals surface area contributed by atoms with Crippen molar-refractivity contribution in [1.29, 1.82) is 0 Å². The number of nitro benzene ring substituents is 1. The molecule has 2 aliphatic heterocycles. The number of non-ortho nitro benzene ring substituents is 1. The van der Waals surface area contributed by atoms with E-state index in [1.54, 1.807) is 84.9 Å². The van der Waals surface area contributed by atoms with E-state index in [4.69, 9.17) is 11.6 Å². The van der Waals surface area contributed by atoms with Crippen molar-refractivity contribution in [3.63, 3.8) is 0 Å². The Balaban J connectivity index is 1.57. The van der Waals surface area contributed by atoms with Gasteiger partial charge >= 0.3 is 0 Å². The van der Waals surface area contributed by atoms with Crippen molar-refractivity contribution >= 4 is 46.4 Å². The zero-order valence-corrected chi connectivity index (χ0v) is 22.2. The number of halogens is 1. The number of carbonyl (C=O) groups is 3. The molecule has 0 saturated carbocycles. The van der Waals surface area contributed by atoms with Gasteiger partial charge < -0.3 is 4.90 Å². The van der Waals surface area contributed by atoms with E-state index in [1.807, 2.05) is 11.0 Å². The first-order chi connectivity index (χ1) is 19.8. The van der Waals surface area contributed by atoms with Crippen molar-refractivity contribution < 1.29 is 19.3 Å². The van der Waals surface area contributed by atoms with Crippen molar-refractivity contribution in [2.75, 3.05) is 4.90 Å². The summed E-state index contributed by atoms with van der Waals surface area (Å²) in [6.45, 7) is 0. The van der Waals surface area contributed by atoms with Crippen LogP contribution in [0.1, 0.15) is 48.1 Å². The second-order valence-electron chi connectivity index (χ2n) is 10.5. The van der Waals surface area contributed by atoms with Crippen molar-refractivity contribution in [1.82, 2.24) is 0 Å². The van der Waals surface area contributed by atoms with Gasteiger partial charge in [0.05, 0.1) is 11.0 Å². The van der Waals surface area contributed by atoms with Crippen molar-refractivity contribution in [3.8, 4) is 0 Å². The van der Waals surface area contributed by atoms with Crippen molar-refractivity contribution in [2.45, 2.75) is 18.0 Å². The van der Waals surface area contributed by atoms with E-state index in [9.17, 15) is 24.5 Å². The van der Waals surface area contributed by atoms with Crippen LogP contribution in [0.5, 0.6) is 0 Å². The van der Waals surface area contributed by atoms with Gasteiger partial charge in [0.15, 0.2) is 17.3 Å². The molecule has 7 rings (SSSR count). The van der Waals surface area contributed by atoms with Gasteiger partial charge in [-0.05, 0) is 29.3 Å². The lowest BCUT2D eigenvalue weighted by atomic mass is 9.64. The minimum absolute atomic E-state index is 0.188. The highest BCUT2D eigenvalue weighted by molar-refractivity contribution is 6.32. The third-order valence-electron chi connectivity index (χ3n) is 8.53. The summed E-state index contributed by atoms with van der Waals surface area (Å²) in [4.78, 5) is 57.0. The molecule has 8 heteroatoms. The molecule has 1 fully saturated rings. The number of ketones is 3. The zero-order chi connectivity index (χ0) is 28.5. The molecule has 7 nitrogen and oxygen atoms in total. The smallest absolute Gasteiger partial charge is 0.269 e. The van der Waals surface area contributed by atoms with Gasteiger partial charge in [-0.15, -0.1) is 0 Å². The minimum atomic E-state index is -1.73. The fourth-order valence-electron chi connectivity index (χ4n) is 6.93. The highest BCUT2D eigenvalue weighted by Crippen LogP contribution is 2.61. The normalized spacial score (nSPS) is 21.5. The van der Waals surface area contributed by atoms with Gasteiger partial charge in [0.1, 0.15) is 11.5 Å². The Morgan fingerprint density at radius 2 is 1.54 bits per heavy atom. The number of benzene rings is 4. The van der Waals surface area contributed by atoms with Crippen LogP contribution in [0.25, 0.3) is 6.08 Å². The molecule has 1 saturated heterocycles. The van der Waals surface area contributed by atoms with Crippen LogP contribution in [0.3, 0.4) is 0 Å². The second kappa shape index (κ2) is 9.08. The predicted octanol–water partition coefficient (Wildman–Crippen LogP) is 6.56. The molecule has 0 aromatic heterocycles. The van der Waals surface area contributed by atoms with Crippen LogP contribution in [0.15, 0.2) is 103 Å². The SMILES string of the molecule is O=C(c1ccccc1)[C@@H]1[C@@H](c2cccc([N+](=O)[O-])c2)C2(C(=O)c3ccccc3C2=O)[C@@H]2C=Cc3cc(Cl)ccc3N12. The van der Waals surface area contributed by atoms with E-state index in [1.165, 1.54) is 18.2 Å². The molecule has 0 radical (unpaired) electrons. The summed E-state index contributed by atoms with van der Waals surface area (Å²) in [6.07, 6.45) is 3.62. The molecule has 3 aliphatic rings. The van der Waals surface area contributed by atoms with Gasteiger partial charge in [-0.1, -0.05) is 90.5 Å². The summed E-state index contributed by atoms with van der Waals surface area (Å²) < 4.78 is 0. The second-order valence-corrected chi connectivity index (χ2v) is 10.9. The zero-order valence-electron chi connectivity index (χ0n) is 21.4. The number of Topliss-reactive ketones (excluding diaryl/α,β-unsaturated/α-hetero) is 3. The Labute approximate surface area is 239 Å². The fourth-order valence-corrected chi connectivity index (χ4v) is 7.11. The van der Waals surface area contributed by atoms with Crippen LogP contribution in [-0.2, 0) is 0 Å². The standard InChI is InChI=1S/C33H21ClN2O5/c34-22-14-15-26-20(17-22)13-16-27-33(31(38)24-11-4-5-12-25(24)32(33)39)28(21-9-6-10-23(18-21)36(40)41)29(35(26)27)30(37)19-7-2-1-3-8-19/h1-18,27-29H/t27-,28+,29-/m0/s1. The maximum absolute atomic E-state index is 14.6. The maximum Gasteiger partial charge on any atom is 0.269 e. The number of hydrogen-bond donors (Lipinski definition) is 0.